The smallest absolute Gasteiger partial charge is 0.0974 e. The Balaban J connectivity index is 0.000000162. The average Bonchev–Trinajstić information content (AvgIpc) is 2.29. The molecule has 2 rings (SSSR count). The highest BCUT2D eigenvalue weighted by molar-refractivity contribution is 4.86. The number of hydrogen-bond donors (Lipinski definition) is 5. The van der Waals surface area contributed by atoms with Crippen LogP contribution in [-0.2, 0) is 0 Å². The number of aliphatic hydroxyl groups is 2. The van der Waals surface area contributed by atoms with Crippen molar-refractivity contribution in [3.8, 4) is 0 Å². The lowest BCUT2D eigenvalue weighted by molar-refractivity contribution is -0.0113. The number of nitrogens with two attached hydrogens (primary N) is 1. The molecule has 5 nitrogen and oxygen atoms in total. The van der Waals surface area contributed by atoms with Crippen molar-refractivity contribution in [3.05, 3.63) is 0 Å². The zero-order chi connectivity index (χ0) is 11.1. The van der Waals surface area contributed by atoms with E-state index in [2.05, 4.69) is 10.6 Å². The second kappa shape index (κ2) is 7.14. The van der Waals surface area contributed by atoms with Crippen LogP contribution in [-0.4, -0.2) is 54.6 Å². The fourth-order valence-electron chi connectivity index (χ4n) is 1.73. The molecule has 0 unspecified atom stereocenters. The number of hydrogen-bond acceptors (Lipinski definition) is 5. The Morgan fingerprint density at radius 2 is 1.60 bits per heavy atom. The molecular weight excluding hydrogens is 194 g/mol. The predicted molar refractivity (Wildman–Crippen MR) is 59.6 cm³/mol. The van der Waals surface area contributed by atoms with Crippen molar-refractivity contribution in [2.45, 2.75) is 37.5 Å². The Morgan fingerprint density at radius 1 is 0.933 bits per heavy atom. The van der Waals surface area contributed by atoms with Gasteiger partial charge in [-0.2, -0.15) is 0 Å². The molecule has 2 aliphatic heterocycles. The van der Waals surface area contributed by atoms with E-state index in [-0.39, 0.29) is 6.04 Å². The van der Waals surface area contributed by atoms with Gasteiger partial charge in [0.2, 0.25) is 0 Å². The van der Waals surface area contributed by atoms with Crippen LogP contribution in [0.3, 0.4) is 0 Å². The van der Waals surface area contributed by atoms with E-state index in [1.165, 1.54) is 32.4 Å². The Hall–Kier alpha value is -0.200. The van der Waals surface area contributed by atoms with E-state index in [9.17, 15) is 0 Å². The van der Waals surface area contributed by atoms with Gasteiger partial charge in [0.05, 0.1) is 12.2 Å². The lowest BCUT2D eigenvalue weighted by Gasteiger charge is -2.29. The Morgan fingerprint density at radius 3 is 1.93 bits per heavy atom. The van der Waals surface area contributed by atoms with Crippen molar-refractivity contribution in [1.29, 1.82) is 0 Å². The van der Waals surface area contributed by atoms with Crippen molar-refractivity contribution >= 4 is 0 Å². The Kier molecular flexibility index (Phi) is 6.12. The predicted octanol–water partition coefficient (Wildman–Crippen LogP) is -1.60. The van der Waals surface area contributed by atoms with E-state index in [1.807, 2.05) is 0 Å². The molecule has 90 valence electrons. The number of β-amino-alcohol motifs (C(OH)–C–C–N with tert-alkyl or cyclic N) is 1. The molecule has 0 aromatic rings. The number of piperidine rings is 2. The van der Waals surface area contributed by atoms with E-state index in [0.717, 1.165) is 0 Å². The minimum absolute atomic E-state index is 0.325. The zero-order valence-corrected chi connectivity index (χ0v) is 9.15. The maximum atomic E-state index is 9.03. The van der Waals surface area contributed by atoms with Crippen LogP contribution in [0.4, 0.5) is 0 Å². The first-order chi connectivity index (χ1) is 7.22. The standard InChI is InChI=1S/C5H12N2O2.C5H11N/c6-3-1-7-2-4(8)5(3)9;1-2-4-6-5-3-1/h3-5,7-9H,1-2,6H2;6H,1-5H2/t3-,4+,5-;/m0./s1. The third-order valence-electron chi connectivity index (χ3n) is 2.77. The van der Waals surface area contributed by atoms with Gasteiger partial charge in [-0.05, 0) is 25.9 Å². The molecule has 2 heterocycles. The monoisotopic (exact) mass is 217 g/mol. The summed E-state index contributed by atoms with van der Waals surface area (Å²) in [5, 5.41) is 24.2. The normalized spacial score (nSPS) is 36.6. The largest absolute Gasteiger partial charge is 0.389 e. The number of rotatable bonds is 0. The average molecular weight is 217 g/mol. The van der Waals surface area contributed by atoms with Gasteiger partial charge in [0.25, 0.3) is 0 Å². The topological polar surface area (TPSA) is 90.5 Å². The molecule has 0 aromatic heterocycles. The molecule has 15 heavy (non-hydrogen) atoms. The SMILES string of the molecule is C1CCNCC1.N[C@H]1CNC[C@@H](O)[C@H]1O. The first-order valence-electron chi connectivity index (χ1n) is 5.75. The zero-order valence-electron chi connectivity index (χ0n) is 9.15. The molecule has 6 N–H and O–H groups in total. The molecule has 0 spiro atoms. The summed E-state index contributed by atoms with van der Waals surface area (Å²) in [6.45, 7) is 3.52. The van der Waals surface area contributed by atoms with Crippen LogP contribution in [0.15, 0.2) is 0 Å². The van der Waals surface area contributed by atoms with Crippen molar-refractivity contribution in [3.63, 3.8) is 0 Å². The molecule has 2 aliphatic rings. The third-order valence-corrected chi connectivity index (χ3v) is 2.77. The van der Waals surface area contributed by atoms with Crippen LogP contribution in [0.2, 0.25) is 0 Å². The highest BCUT2D eigenvalue weighted by atomic mass is 16.3. The van der Waals surface area contributed by atoms with Crippen LogP contribution in [0.5, 0.6) is 0 Å². The van der Waals surface area contributed by atoms with Gasteiger partial charge in [-0.15, -0.1) is 0 Å². The quantitative estimate of drug-likeness (QED) is 0.337. The summed E-state index contributed by atoms with van der Waals surface area (Å²) in [6.07, 6.45) is 2.76. The van der Waals surface area contributed by atoms with Crippen molar-refractivity contribution in [1.82, 2.24) is 10.6 Å². The molecule has 2 saturated heterocycles. The van der Waals surface area contributed by atoms with Gasteiger partial charge in [0.1, 0.15) is 0 Å². The van der Waals surface area contributed by atoms with Gasteiger partial charge in [0, 0.05) is 19.1 Å². The summed E-state index contributed by atoms with van der Waals surface area (Å²) >= 11 is 0. The number of nitrogens with one attached hydrogen (secondary N) is 2. The minimum atomic E-state index is -0.758. The van der Waals surface area contributed by atoms with Crippen molar-refractivity contribution < 1.29 is 10.2 Å². The third kappa shape index (κ3) is 4.90. The Bertz CT molecular complexity index is 143. The molecule has 0 radical (unpaired) electrons. The van der Waals surface area contributed by atoms with E-state index in [1.54, 1.807) is 0 Å². The van der Waals surface area contributed by atoms with Crippen LogP contribution < -0.4 is 16.4 Å². The molecule has 0 aliphatic carbocycles. The second-order valence-corrected chi connectivity index (χ2v) is 4.19. The summed E-state index contributed by atoms with van der Waals surface area (Å²) < 4.78 is 0. The van der Waals surface area contributed by atoms with Crippen LogP contribution >= 0.6 is 0 Å². The maximum absolute atomic E-state index is 9.03. The maximum Gasteiger partial charge on any atom is 0.0974 e. The molecule has 2 fully saturated rings. The summed E-state index contributed by atoms with van der Waals surface area (Å²) in [5.74, 6) is 0. The van der Waals surface area contributed by atoms with E-state index in [4.69, 9.17) is 15.9 Å². The second-order valence-electron chi connectivity index (χ2n) is 4.19. The fourth-order valence-corrected chi connectivity index (χ4v) is 1.73. The van der Waals surface area contributed by atoms with Crippen LogP contribution in [0.25, 0.3) is 0 Å². The van der Waals surface area contributed by atoms with E-state index in [0.29, 0.717) is 13.1 Å². The summed E-state index contributed by atoms with van der Waals surface area (Å²) in [6, 6.07) is -0.325. The van der Waals surface area contributed by atoms with Gasteiger partial charge in [-0.3, -0.25) is 0 Å². The van der Waals surface area contributed by atoms with Gasteiger partial charge in [-0.1, -0.05) is 6.42 Å². The Labute approximate surface area is 91.0 Å². The number of aliphatic hydroxyl groups excluding tert-OH is 2. The summed E-state index contributed by atoms with van der Waals surface area (Å²) in [4.78, 5) is 0. The van der Waals surface area contributed by atoms with Gasteiger partial charge < -0.3 is 26.6 Å². The molecule has 3 atom stereocenters. The van der Waals surface area contributed by atoms with Crippen LogP contribution in [0, 0.1) is 0 Å². The van der Waals surface area contributed by atoms with Crippen molar-refractivity contribution in [2.75, 3.05) is 26.2 Å². The first-order valence-corrected chi connectivity index (χ1v) is 5.75. The molecule has 5 heteroatoms. The van der Waals surface area contributed by atoms with E-state index >= 15 is 0 Å². The van der Waals surface area contributed by atoms with E-state index < -0.39 is 12.2 Å². The van der Waals surface area contributed by atoms with Crippen molar-refractivity contribution in [2.24, 2.45) is 5.73 Å². The van der Waals surface area contributed by atoms with Crippen LogP contribution in [0.1, 0.15) is 19.3 Å². The molecule has 0 amide bonds. The molecule has 0 bridgehead atoms. The summed E-state index contributed by atoms with van der Waals surface area (Å²) in [5.41, 5.74) is 5.40. The molecular formula is C10H23N3O2. The fraction of sp³-hybridized carbons (Fsp3) is 1.00. The van der Waals surface area contributed by atoms with Gasteiger partial charge >= 0.3 is 0 Å². The highest BCUT2D eigenvalue weighted by Gasteiger charge is 2.26. The first kappa shape index (κ1) is 12.9. The lowest BCUT2D eigenvalue weighted by atomic mass is 10.0. The highest BCUT2D eigenvalue weighted by Crippen LogP contribution is 2.00. The van der Waals surface area contributed by atoms with Gasteiger partial charge in [0.15, 0.2) is 0 Å². The minimum Gasteiger partial charge on any atom is -0.389 e. The lowest BCUT2D eigenvalue weighted by Crippen LogP contribution is -2.57. The van der Waals surface area contributed by atoms with Gasteiger partial charge in [-0.25, -0.2) is 0 Å². The molecule has 0 aromatic carbocycles. The summed E-state index contributed by atoms with van der Waals surface area (Å²) in [7, 11) is 0. The molecule has 0 saturated carbocycles.